The van der Waals surface area contributed by atoms with Gasteiger partial charge in [-0.25, -0.2) is 13.1 Å². The van der Waals surface area contributed by atoms with E-state index in [0.29, 0.717) is 17.7 Å². The summed E-state index contributed by atoms with van der Waals surface area (Å²) in [6.07, 6.45) is 2.79. The van der Waals surface area contributed by atoms with Gasteiger partial charge in [0.05, 0.1) is 4.90 Å². The normalized spacial score (nSPS) is 13.7. The summed E-state index contributed by atoms with van der Waals surface area (Å²) in [6.45, 7) is 2.00. The molecule has 140 valence electrons. The van der Waals surface area contributed by atoms with E-state index in [2.05, 4.69) is 19.8 Å². The van der Waals surface area contributed by atoms with Crippen LogP contribution in [0.15, 0.2) is 44.5 Å². The maximum atomic E-state index is 12.3. The maximum absolute atomic E-state index is 12.3. The minimum atomic E-state index is -3.59. The largest absolute Gasteiger partial charge is 0.333 e. The Morgan fingerprint density at radius 3 is 2.93 bits per heavy atom. The fourth-order valence-electron chi connectivity index (χ4n) is 3.20. The summed E-state index contributed by atoms with van der Waals surface area (Å²) >= 11 is 0. The monoisotopic (exact) mass is 386 g/mol. The molecule has 1 aliphatic rings. The third-order valence-corrected chi connectivity index (χ3v) is 6.02. The second-order valence-corrected chi connectivity index (χ2v) is 8.09. The average molecular weight is 386 g/mol. The number of sulfonamides is 1. The molecule has 1 aliphatic carbocycles. The SMILES string of the molecule is CCNS(=O)(=O)c1cccc(-c2noc(-c3cc4c([nH]c3=O)CCC4)n2)c1. The lowest BCUT2D eigenvalue weighted by molar-refractivity contribution is 0.432. The molecule has 4 rings (SSSR count). The molecular formula is C18H18N4O4S. The number of pyridine rings is 1. The van der Waals surface area contributed by atoms with Crippen molar-refractivity contribution in [2.75, 3.05) is 6.54 Å². The van der Waals surface area contributed by atoms with Gasteiger partial charge in [-0.3, -0.25) is 4.79 Å². The Balaban J connectivity index is 1.71. The van der Waals surface area contributed by atoms with Crippen molar-refractivity contribution in [2.45, 2.75) is 31.1 Å². The van der Waals surface area contributed by atoms with Crippen molar-refractivity contribution < 1.29 is 12.9 Å². The first-order chi connectivity index (χ1) is 13.0. The maximum Gasteiger partial charge on any atom is 0.263 e. The van der Waals surface area contributed by atoms with Crippen molar-refractivity contribution in [3.05, 3.63) is 51.9 Å². The van der Waals surface area contributed by atoms with Crippen molar-refractivity contribution in [3.8, 4) is 22.8 Å². The molecule has 0 fully saturated rings. The van der Waals surface area contributed by atoms with Crippen molar-refractivity contribution in [2.24, 2.45) is 0 Å². The summed E-state index contributed by atoms with van der Waals surface area (Å²) < 4.78 is 32.1. The number of hydrogen-bond donors (Lipinski definition) is 2. The topological polar surface area (TPSA) is 118 Å². The van der Waals surface area contributed by atoms with Gasteiger partial charge in [0, 0.05) is 17.8 Å². The van der Waals surface area contributed by atoms with Crippen LogP contribution < -0.4 is 10.3 Å². The first-order valence-corrected chi connectivity index (χ1v) is 10.2. The van der Waals surface area contributed by atoms with E-state index in [9.17, 15) is 13.2 Å². The molecule has 0 radical (unpaired) electrons. The Labute approximate surface area is 155 Å². The van der Waals surface area contributed by atoms with Crippen LogP contribution in [0.1, 0.15) is 24.6 Å². The molecule has 0 bridgehead atoms. The number of benzene rings is 1. The third-order valence-electron chi connectivity index (χ3n) is 4.48. The predicted octanol–water partition coefficient (Wildman–Crippen LogP) is 1.88. The van der Waals surface area contributed by atoms with E-state index in [-0.39, 0.29) is 22.2 Å². The smallest absolute Gasteiger partial charge is 0.263 e. The molecular weight excluding hydrogens is 368 g/mol. The standard InChI is InChI=1S/C18H18N4O4S/c1-2-19-27(24,25)13-7-3-6-12(9-13)16-21-18(26-22-16)14-10-11-5-4-8-15(11)20-17(14)23/h3,6-7,9-10,19H,2,4-5,8H2,1H3,(H,20,23). The number of H-pyrrole nitrogens is 1. The number of aromatic amines is 1. The number of rotatable bonds is 5. The zero-order valence-corrected chi connectivity index (χ0v) is 15.5. The molecule has 0 amide bonds. The zero-order chi connectivity index (χ0) is 19.0. The number of nitrogens with one attached hydrogen (secondary N) is 2. The lowest BCUT2D eigenvalue weighted by Gasteiger charge is -2.05. The van der Waals surface area contributed by atoms with Gasteiger partial charge in [0.1, 0.15) is 5.56 Å². The molecule has 2 N–H and O–H groups in total. The van der Waals surface area contributed by atoms with Crippen molar-refractivity contribution >= 4 is 10.0 Å². The van der Waals surface area contributed by atoms with E-state index in [0.717, 1.165) is 30.5 Å². The zero-order valence-electron chi connectivity index (χ0n) is 14.7. The Bertz CT molecular complexity index is 1160. The average Bonchev–Trinajstić information content (AvgIpc) is 3.30. The summed E-state index contributed by atoms with van der Waals surface area (Å²) in [5.41, 5.74) is 2.59. The molecule has 0 aliphatic heterocycles. The van der Waals surface area contributed by atoms with Gasteiger partial charge in [0.2, 0.25) is 15.8 Å². The highest BCUT2D eigenvalue weighted by atomic mass is 32.2. The lowest BCUT2D eigenvalue weighted by atomic mass is 10.1. The minimum Gasteiger partial charge on any atom is -0.333 e. The Morgan fingerprint density at radius 1 is 1.26 bits per heavy atom. The fourth-order valence-corrected chi connectivity index (χ4v) is 4.28. The molecule has 0 atom stereocenters. The molecule has 1 aromatic carbocycles. The van der Waals surface area contributed by atoms with E-state index in [1.165, 1.54) is 12.1 Å². The molecule has 0 spiro atoms. The van der Waals surface area contributed by atoms with Crippen LogP contribution in [0.3, 0.4) is 0 Å². The van der Waals surface area contributed by atoms with Crippen LogP contribution in [0, 0.1) is 0 Å². The first kappa shape index (κ1) is 17.6. The van der Waals surface area contributed by atoms with Gasteiger partial charge in [0.15, 0.2) is 0 Å². The number of nitrogens with zero attached hydrogens (tertiary/aromatic N) is 2. The number of aromatic nitrogens is 3. The molecule has 0 saturated carbocycles. The van der Waals surface area contributed by atoms with Crippen LogP contribution >= 0.6 is 0 Å². The summed E-state index contributed by atoms with van der Waals surface area (Å²) in [6, 6.07) is 8.06. The molecule has 0 saturated heterocycles. The van der Waals surface area contributed by atoms with E-state index >= 15 is 0 Å². The van der Waals surface area contributed by atoms with Gasteiger partial charge in [-0.2, -0.15) is 4.98 Å². The van der Waals surface area contributed by atoms with Crippen molar-refractivity contribution in [1.29, 1.82) is 0 Å². The van der Waals surface area contributed by atoms with Crippen molar-refractivity contribution in [1.82, 2.24) is 19.8 Å². The molecule has 0 unspecified atom stereocenters. The second kappa shape index (κ2) is 6.75. The second-order valence-electron chi connectivity index (χ2n) is 6.32. The highest BCUT2D eigenvalue weighted by Gasteiger charge is 2.20. The molecule has 9 heteroatoms. The summed E-state index contributed by atoms with van der Waals surface area (Å²) in [4.78, 5) is 19.6. The van der Waals surface area contributed by atoms with Crippen LogP contribution in [0.25, 0.3) is 22.8 Å². The van der Waals surface area contributed by atoms with E-state index in [1.807, 2.05) is 0 Å². The van der Waals surface area contributed by atoms with Gasteiger partial charge in [-0.15, -0.1) is 0 Å². The van der Waals surface area contributed by atoms with E-state index in [4.69, 9.17) is 4.52 Å². The Morgan fingerprint density at radius 2 is 2.11 bits per heavy atom. The molecule has 27 heavy (non-hydrogen) atoms. The van der Waals surface area contributed by atoms with Crippen LogP contribution in [0.4, 0.5) is 0 Å². The molecule has 3 aromatic rings. The first-order valence-electron chi connectivity index (χ1n) is 8.67. The summed E-state index contributed by atoms with van der Waals surface area (Å²) in [5, 5.41) is 3.91. The van der Waals surface area contributed by atoms with Gasteiger partial charge >= 0.3 is 0 Å². The van der Waals surface area contributed by atoms with E-state index in [1.54, 1.807) is 25.1 Å². The third kappa shape index (κ3) is 3.31. The van der Waals surface area contributed by atoms with Crippen molar-refractivity contribution in [3.63, 3.8) is 0 Å². The number of fused-ring (bicyclic) bond motifs is 1. The highest BCUT2D eigenvalue weighted by molar-refractivity contribution is 7.89. The van der Waals surface area contributed by atoms with Crippen LogP contribution in [-0.4, -0.2) is 30.1 Å². The number of hydrogen-bond acceptors (Lipinski definition) is 6. The number of aryl methyl sites for hydroxylation is 2. The quantitative estimate of drug-likeness (QED) is 0.691. The van der Waals surface area contributed by atoms with Gasteiger partial charge in [-0.05, 0) is 43.0 Å². The van der Waals surface area contributed by atoms with Gasteiger partial charge in [-0.1, -0.05) is 24.2 Å². The molecule has 8 nitrogen and oxygen atoms in total. The predicted molar refractivity (Wildman–Crippen MR) is 98.7 cm³/mol. The fraction of sp³-hybridized carbons (Fsp3) is 0.278. The van der Waals surface area contributed by atoms with Gasteiger partial charge < -0.3 is 9.51 Å². The van der Waals surface area contributed by atoms with Crippen LogP contribution in [0.5, 0.6) is 0 Å². The summed E-state index contributed by atoms with van der Waals surface area (Å²) in [7, 11) is -3.59. The highest BCUT2D eigenvalue weighted by Crippen LogP contribution is 2.25. The van der Waals surface area contributed by atoms with Crippen LogP contribution in [0.2, 0.25) is 0 Å². The Kier molecular flexibility index (Phi) is 4.40. The molecule has 2 heterocycles. The van der Waals surface area contributed by atoms with Gasteiger partial charge in [0.25, 0.3) is 11.4 Å². The minimum absolute atomic E-state index is 0.112. The lowest BCUT2D eigenvalue weighted by Crippen LogP contribution is -2.23. The van der Waals surface area contributed by atoms with Crippen LogP contribution in [-0.2, 0) is 22.9 Å². The Hall–Kier alpha value is -2.78. The summed E-state index contributed by atoms with van der Waals surface area (Å²) in [5.74, 6) is 0.333. The molecule has 2 aromatic heterocycles. The van der Waals surface area contributed by atoms with E-state index < -0.39 is 10.0 Å².